The number of carbonyl (C=O) groups excluding carboxylic acids is 3. The van der Waals surface area contributed by atoms with Gasteiger partial charge in [-0.25, -0.2) is 9.69 Å². The number of urea groups is 1. The number of hydrogen-bond acceptors (Lipinski definition) is 4. The summed E-state index contributed by atoms with van der Waals surface area (Å²) >= 11 is 3.34. The number of ether oxygens (including phenoxy) is 1. The molecule has 1 aliphatic rings. The van der Waals surface area contributed by atoms with Crippen LogP contribution in [0.1, 0.15) is 16.7 Å². The summed E-state index contributed by atoms with van der Waals surface area (Å²) in [6, 6.07) is 25.3. The molecule has 7 heteroatoms. The van der Waals surface area contributed by atoms with Crippen molar-refractivity contribution in [3.05, 3.63) is 112 Å². The first-order chi connectivity index (χ1) is 17.4. The van der Waals surface area contributed by atoms with E-state index in [1.807, 2.05) is 25.1 Å². The van der Waals surface area contributed by atoms with Crippen molar-refractivity contribution >= 4 is 56.3 Å². The Kier molecular flexibility index (Phi) is 6.40. The first-order valence-electron chi connectivity index (χ1n) is 11.3. The second-order valence-electron chi connectivity index (χ2n) is 8.34. The zero-order valence-corrected chi connectivity index (χ0v) is 20.9. The second kappa shape index (κ2) is 9.79. The average Bonchev–Trinajstić information content (AvgIpc) is 2.87. The molecule has 1 fully saturated rings. The summed E-state index contributed by atoms with van der Waals surface area (Å²) in [5, 5.41) is 4.49. The molecule has 0 spiro atoms. The zero-order valence-electron chi connectivity index (χ0n) is 19.3. The van der Waals surface area contributed by atoms with Crippen LogP contribution in [-0.4, -0.2) is 17.8 Å². The summed E-state index contributed by atoms with van der Waals surface area (Å²) in [5.41, 5.74) is 2.92. The largest absolute Gasteiger partial charge is 0.488 e. The number of anilines is 1. The highest BCUT2D eigenvalue weighted by atomic mass is 79.9. The summed E-state index contributed by atoms with van der Waals surface area (Å²) in [7, 11) is 0. The monoisotopic (exact) mass is 540 g/mol. The van der Waals surface area contributed by atoms with Crippen molar-refractivity contribution in [1.82, 2.24) is 5.32 Å². The number of nitrogens with zero attached hydrogens (tertiary/aromatic N) is 1. The lowest BCUT2D eigenvalue weighted by Gasteiger charge is -2.26. The molecule has 1 saturated heterocycles. The number of fused-ring (bicyclic) bond motifs is 1. The Hall–Kier alpha value is -4.23. The van der Waals surface area contributed by atoms with E-state index in [2.05, 4.69) is 45.5 Å². The van der Waals surface area contributed by atoms with Crippen LogP contribution in [0.15, 0.2) is 95.0 Å². The number of para-hydroxylation sites is 1. The Labute approximate surface area is 216 Å². The van der Waals surface area contributed by atoms with Crippen molar-refractivity contribution in [2.24, 2.45) is 0 Å². The van der Waals surface area contributed by atoms with Crippen LogP contribution in [0.4, 0.5) is 10.5 Å². The van der Waals surface area contributed by atoms with E-state index in [-0.39, 0.29) is 5.57 Å². The fraction of sp³-hybridized carbons (Fsp3) is 0.0690. The summed E-state index contributed by atoms with van der Waals surface area (Å²) in [5.74, 6) is -0.936. The fourth-order valence-electron chi connectivity index (χ4n) is 4.16. The van der Waals surface area contributed by atoms with Crippen LogP contribution in [0.2, 0.25) is 0 Å². The van der Waals surface area contributed by atoms with E-state index in [0.29, 0.717) is 23.6 Å². The van der Waals surface area contributed by atoms with Gasteiger partial charge in [0.15, 0.2) is 0 Å². The highest BCUT2D eigenvalue weighted by Gasteiger charge is 2.37. The van der Waals surface area contributed by atoms with Gasteiger partial charge < -0.3 is 4.74 Å². The number of rotatable bonds is 5. The molecule has 1 heterocycles. The van der Waals surface area contributed by atoms with Gasteiger partial charge in [-0.1, -0.05) is 70.5 Å². The Balaban J connectivity index is 1.47. The molecular formula is C29H21BrN2O4. The average molecular weight is 541 g/mol. The number of amides is 4. The third-order valence-electron chi connectivity index (χ3n) is 6.05. The minimum Gasteiger partial charge on any atom is -0.488 e. The van der Waals surface area contributed by atoms with Crippen LogP contribution in [0.5, 0.6) is 5.75 Å². The van der Waals surface area contributed by atoms with Gasteiger partial charge in [0.25, 0.3) is 11.8 Å². The van der Waals surface area contributed by atoms with Crippen LogP contribution in [0.3, 0.4) is 0 Å². The normalized spacial score (nSPS) is 14.9. The molecule has 178 valence electrons. The lowest BCUT2D eigenvalue weighted by molar-refractivity contribution is -0.122. The van der Waals surface area contributed by atoms with E-state index in [4.69, 9.17) is 4.74 Å². The molecule has 6 nitrogen and oxygen atoms in total. The van der Waals surface area contributed by atoms with Gasteiger partial charge in [-0.05, 0) is 59.7 Å². The van der Waals surface area contributed by atoms with E-state index < -0.39 is 17.8 Å². The Morgan fingerprint density at radius 1 is 0.889 bits per heavy atom. The number of imide groups is 2. The number of benzene rings is 4. The minimum atomic E-state index is -0.791. The van der Waals surface area contributed by atoms with E-state index in [9.17, 15) is 14.4 Å². The number of nitrogens with one attached hydrogen (secondary N) is 1. The fourth-order valence-corrected chi connectivity index (χ4v) is 4.42. The highest BCUT2D eigenvalue weighted by Crippen LogP contribution is 2.28. The highest BCUT2D eigenvalue weighted by molar-refractivity contribution is 9.10. The van der Waals surface area contributed by atoms with Gasteiger partial charge in [0.1, 0.15) is 17.9 Å². The van der Waals surface area contributed by atoms with E-state index in [1.54, 1.807) is 42.5 Å². The van der Waals surface area contributed by atoms with Gasteiger partial charge in [0, 0.05) is 15.6 Å². The van der Waals surface area contributed by atoms with Crippen LogP contribution < -0.4 is 15.0 Å². The zero-order chi connectivity index (χ0) is 25.2. The Morgan fingerprint density at radius 2 is 1.61 bits per heavy atom. The quantitative estimate of drug-likeness (QED) is 0.243. The molecule has 36 heavy (non-hydrogen) atoms. The van der Waals surface area contributed by atoms with Gasteiger partial charge in [0.2, 0.25) is 0 Å². The maximum atomic E-state index is 13.2. The molecule has 0 aliphatic carbocycles. The molecule has 0 radical (unpaired) electrons. The number of halogens is 1. The van der Waals surface area contributed by atoms with Crippen molar-refractivity contribution in [2.75, 3.05) is 4.90 Å². The first kappa shape index (κ1) is 23.5. The Bertz CT molecular complexity index is 1540. The predicted octanol–water partition coefficient (Wildman–Crippen LogP) is 6.16. The van der Waals surface area contributed by atoms with Crippen molar-refractivity contribution < 1.29 is 19.1 Å². The molecular weight excluding hydrogens is 520 g/mol. The third kappa shape index (κ3) is 4.53. The van der Waals surface area contributed by atoms with Crippen LogP contribution >= 0.6 is 15.9 Å². The molecule has 0 atom stereocenters. The van der Waals surface area contributed by atoms with Crippen molar-refractivity contribution in [3.63, 3.8) is 0 Å². The summed E-state index contributed by atoms with van der Waals surface area (Å²) in [6.45, 7) is 2.36. The van der Waals surface area contributed by atoms with Gasteiger partial charge in [-0.15, -0.1) is 0 Å². The van der Waals surface area contributed by atoms with Crippen LogP contribution in [0, 0.1) is 6.92 Å². The maximum absolute atomic E-state index is 13.2. The van der Waals surface area contributed by atoms with Crippen LogP contribution in [-0.2, 0) is 16.2 Å². The molecule has 0 unspecified atom stereocenters. The molecule has 5 rings (SSSR count). The maximum Gasteiger partial charge on any atom is 0.335 e. The molecule has 4 amide bonds. The Morgan fingerprint density at radius 3 is 2.42 bits per heavy atom. The molecule has 1 N–H and O–H groups in total. The van der Waals surface area contributed by atoms with Crippen molar-refractivity contribution in [2.45, 2.75) is 13.5 Å². The van der Waals surface area contributed by atoms with E-state index in [0.717, 1.165) is 31.3 Å². The van der Waals surface area contributed by atoms with Gasteiger partial charge in [-0.3, -0.25) is 14.9 Å². The summed E-state index contributed by atoms with van der Waals surface area (Å²) in [4.78, 5) is 39.3. The molecule has 0 bridgehead atoms. The van der Waals surface area contributed by atoms with Crippen molar-refractivity contribution in [1.29, 1.82) is 0 Å². The van der Waals surface area contributed by atoms with Gasteiger partial charge in [0.05, 0.1) is 5.69 Å². The van der Waals surface area contributed by atoms with Crippen molar-refractivity contribution in [3.8, 4) is 5.75 Å². The number of hydrogen-bond donors (Lipinski definition) is 1. The standard InChI is InChI=1S/C29H21BrN2O4/c1-18-10-11-19-6-2-4-8-23(19)25(18)17-36-26-9-5-3-7-20(26)16-24-27(33)31-29(35)32(28(24)34)22-14-12-21(30)13-15-22/h2-16H,17H2,1H3,(H,31,33,35)/b24-16+. The predicted molar refractivity (Wildman–Crippen MR) is 143 cm³/mol. The van der Waals surface area contributed by atoms with E-state index >= 15 is 0 Å². The van der Waals surface area contributed by atoms with Crippen LogP contribution in [0.25, 0.3) is 16.8 Å². The summed E-state index contributed by atoms with van der Waals surface area (Å²) < 4.78 is 7.00. The smallest absolute Gasteiger partial charge is 0.335 e. The van der Waals surface area contributed by atoms with Gasteiger partial charge >= 0.3 is 6.03 Å². The number of aryl methyl sites for hydroxylation is 1. The lowest BCUT2D eigenvalue weighted by Crippen LogP contribution is -2.54. The molecule has 4 aromatic carbocycles. The number of barbiturate groups is 1. The molecule has 0 aromatic heterocycles. The molecule has 1 aliphatic heterocycles. The topological polar surface area (TPSA) is 75.7 Å². The second-order valence-corrected chi connectivity index (χ2v) is 9.26. The summed E-state index contributed by atoms with van der Waals surface area (Å²) in [6.07, 6.45) is 1.46. The molecule has 0 saturated carbocycles. The van der Waals surface area contributed by atoms with E-state index in [1.165, 1.54) is 6.08 Å². The van der Waals surface area contributed by atoms with Gasteiger partial charge in [-0.2, -0.15) is 0 Å². The molecule has 4 aromatic rings. The third-order valence-corrected chi connectivity index (χ3v) is 6.58. The lowest BCUT2D eigenvalue weighted by atomic mass is 10.0. The number of carbonyl (C=O) groups is 3. The first-order valence-corrected chi connectivity index (χ1v) is 12.1. The SMILES string of the molecule is Cc1ccc2ccccc2c1COc1ccccc1/C=C1\C(=O)NC(=O)N(c2ccc(Br)cc2)C1=O. The minimum absolute atomic E-state index is 0.157.